The Balaban J connectivity index is 2.99. The second-order valence-electron chi connectivity index (χ2n) is 4.40. The topological polar surface area (TPSA) is 62.4 Å². The Morgan fingerprint density at radius 3 is 2.58 bits per heavy atom. The molecule has 3 N–H and O–H groups in total. The molecule has 108 valence electrons. The van der Waals surface area contributed by atoms with Gasteiger partial charge in [-0.15, -0.1) is 0 Å². The zero-order chi connectivity index (χ0) is 14.5. The number of hydrogen-bond acceptors (Lipinski definition) is 4. The highest BCUT2D eigenvalue weighted by atomic mass is 19.4. The summed E-state index contributed by atoms with van der Waals surface area (Å²) in [6.07, 6.45) is -1.30. The molecule has 1 rings (SSSR count). The van der Waals surface area contributed by atoms with E-state index in [1.165, 1.54) is 6.20 Å². The van der Waals surface area contributed by atoms with Crippen LogP contribution in [0.1, 0.15) is 18.5 Å². The number of aliphatic hydroxyl groups excluding tert-OH is 1. The predicted molar refractivity (Wildman–Crippen MR) is 65.3 cm³/mol. The van der Waals surface area contributed by atoms with E-state index in [-0.39, 0.29) is 13.2 Å². The summed E-state index contributed by atoms with van der Waals surface area (Å²) >= 11 is 0. The van der Waals surface area contributed by atoms with Crippen molar-refractivity contribution in [2.24, 2.45) is 5.73 Å². The maximum atomic E-state index is 12.6. The largest absolute Gasteiger partial charge is 0.401 e. The first-order chi connectivity index (χ1) is 8.85. The molecule has 0 fully saturated rings. The Kier molecular flexibility index (Phi) is 5.71. The van der Waals surface area contributed by atoms with E-state index in [9.17, 15) is 13.2 Å². The third-order valence-electron chi connectivity index (χ3n) is 2.69. The number of halogens is 3. The lowest BCUT2D eigenvalue weighted by Gasteiger charge is -2.34. The number of aliphatic hydroxyl groups is 1. The summed E-state index contributed by atoms with van der Waals surface area (Å²) in [7, 11) is 0. The first kappa shape index (κ1) is 15.9. The van der Waals surface area contributed by atoms with Gasteiger partial charge in [0.1, 0.15) is 0 Å². The molecule has 0 aliphatic carbocycles. The first-order valence-electron chi connectivity index (χ1n) is 5.92. The number of alkyl halides is 3. The molecule has 0 radical (unpaired) electrons. The van der Waals surface area contributed by atoms with E-state index in [2.05, 4.69) is 4.98 Å². The minimum atomic E-state index is -4.34. The molecule has 0 aromatic carbocycles. The van der Waals surface area contributed by atoms with Gasteiger partial charge in [-0.05, 0) is 18.6 Å². The van der Waals surface area contributed by atoms with Crippen LogP contribution in [0.15, 0.2) is 24.5 Å². The number of nitrogens with zero attached hydrogens (tertiary/aromatic N) is 2. The van der Waals surface area contributed by atoms with E-state index < -0.39 is 24.8 Å². The molecule has 1 aromatic rings. The van der Waals surface area contributed by atoms with Gasteiger partial charge >= 0.3 is 6.18 Å². The minimum Gasteiger partial charge on any atom is -0.395 e. The summed E-state index contributed by atoms with van der Waals surface area (Å²) < 4.78 is 37.8. The van der Waals surface area contributed by atoms with Gasteiger partial charge in [0.15, 0.2) is 0 Å². The standard InChI is InChI=1S/C12H18F3N3O/c1-9(16)11(10-3-2-4-17-7-10)18(5-6-19)8-12(13,14)15/h2-4,7,9,11,19H,5-6,8,16H2,1H3. The fourth-order valence-electron chi connectivity index (χ4n) is 2.07. The van der Waals surface area contributed by atoms with Crippen LogP contribution in [-0.2, 0) is 0 Å². The van der Waals surface area contributed by atoms with Crippen LogP contribution in [0.3, 0.4) is 0 Å². The molecular formula is C12H18F3N3O. The highest BCUT2D eigenvalue weighted by Gasteiger charge is 2.35. The molecule has 0 bridgehead atoms. The van der Waals surface area contributed by atoms with Gasteiger partial charge in [-0.2, -0.15) is 13.2 Å². The molecule has 0 spiro atoms. The monoisotopic (exact) mass is 277 g/mol. The summed E-state index contributed by atoms with van der Waals surface area (Å²) in [4.78, 5) is 5.03. The van der Waals surface area contributed by atoms with Crippen molar-refractivity contribution in [1.82, 2.24) is 9.88 Å². The van der Waals surface area contributed by atoms with Crippen molar-refractivity contribution in [3.05, 3.63) is 30.1 Å². The average molecular weight is 277 g/mol. The summed E-state index contributed by atoms with van der Waals surface area (Å²) in [5, 5.41) is 8.95. The number of aromatic nitrogens is 1. The molecule has 1 aromatic heterocycles. The molecule has 0 aliphatic heterocycles. The SMILES string of the molecule is CC(N)C(c1cccnc1)N(CCO)CC(F)(F)F. The molecule has 7 heteroatoms. The van der Waals surface area contributed by atoms with Gasteiger partial charge in [0.2, 0.25) is 0 Å². The fourth-order valence-corrected chi connectivity index (χ4v) is 2.07. The van der Waals surface area contributed by atoms with E-state index in [0.717, 1.165) is 4.90 Å². The minimum absolute atomic E-state index is 0.0966. The maximum absolute atomic E-state index is 12.6. The highest BCUT2D eigenvalue weighted by molar-refractivity contribution is 5.16. The molecule has 1 heterocycles. The Morgan fingerprint density at radius 2 is 2.16 bits per heavy atom. The maximum Gasteiger partial charge on any atom is 0.401 e. The van der Waals surface area contributed by atoms with Crippen LogP contribution in [0.5, 0.6) is 0 Å². The van der Waals surface area contributed by atoms with E-state index in [4.69, 9.17) is 10.8 Å². The molecule has 0 saturated carbocycles. The van der Waals surface area contributed by atoms with Crippen LogP contribution in [0.4, 0.5) is 13.2 Å². The molecule has 2 unspecified atom stereocenters. The normalized spacial score (nSPS) is 15.5. The van der Waals surface area contributed by atoms with Crippen molar-refractivity contribution in [2.45, 2.75) is 25.2 Å². The van der Waals surface area contributed by atoms with Crippen molar-refractivity contribution in [1.29, 1.82) is 0 Å². The van der Waals surface area contributed by atoms with E-state index in [1.54, 1.807) is 25.3 Å². The highest BCUT2D eigenvalue weighted by Crippen LogP contribution is 2.27. The lowest BCUT2D eigenvalue weighted by Crippen LogP contribution is -2.45. The molecule has 0 amide bonds. The van der Waals surface area contributed by atoms with Gasteiger partial charge in [0.05, 0.1) is 19.2 Å². The zero-order valence-corrected chi connectivity index (χ0v) is 10.6. The Hall–Kier alpha value is -1.18. The quantitative estimate of drug-likeness (QED) is 0.823. The Morgan fingerprint density at radius 1 is 1.47 bits per heavy atom. The van der Waals surface area contributed by atoms with Crippen LogP contribution >= 0.6 is 0 Å². The molecule has 4 nitrogen and oxygen atoms in total. The van der Waals surface area contributed by atoms with Gasteiger partial charge in [-0.1, -0.05) is 6.07 Å². The molecule has 0 aliphatic rings. The van der Waals surface area contributed by atoms with Crippen LogP contribution in [0.25, 0.3) is 0 Å². The Labute approximate surface area is 110 Å². The number of hydrogen-bond donors (Lipinski definition) is 2. The first-order valence-corrected chi connectivity index (χ1v) is 5.92. The number of nitrogens with two attached hydrogens (primary N) is 1. The van der Waals surface area contributed by atoms with E-state index in [0.29, 0.717) is 5.56 Å². The Bertz CT molecular complexity index is 370. The lowest BCUT2D eigenvalue weighted by atomic mass is 10.0. The van der Waals surface area contributed by atoms with Gasteiger partial charge in [0, 0.05) is 25.0 Å². The van der Waals surface area contributed by atoms with Crippen molar-refractivity contribution in [3.8, 4) is 0 Å². The summed E-state index contributed by atoms with van der Waals surface area (Å²) in [5.74, 6) is 0. The molecular weight excluding hydrogens is 259 g/mol. The zero-order valence-electron chi connectivity index (χ0n) is 10.6. The van der Waals surface area contributed by atoms with Gasteiger partial charge in [-0.3, -0.25) is 9.88 Å². The third-order valence-corrected chi connectivity index (χ3v) is 2.69. The number of rotatable bonds is 6. The van der Waals surface area contributed by atoms with Gasteiger partial charge in [0.25, 0.3) is 0 Å². The van der Waals surface area contributed by atoms with Crippen LogP contribution in [-0.4, -0.2) is 46.9 Å². The summed E-state index contributed by atoms with van der Waals surface area (Å²) in [6, 6.07) is 2.18. The van der Waals surface area contributed by atoms with Crippen molar-refractivity contribution in [2.75, 3.05) is 19.7 Å². The fraction of sp³-hybridized carbons (Fsp3) is 0.583. The van der Waals surface area contributed by atoms with E-state index in [1.807, 2.05) is 0 Å². The predicted octanol–water partition coefficient (Wildman–Crippen LogP) is 1.33. The second-order valence-corrected chi connectivity index (χ2v) is 4.40. The summed E-state index contributed by atoms with van der Waals surface area (Å²) in [6.45, 7) is 0.0627. The molecule has 2 atom stereocenters. The van der Waals surface area contributed by atoms with Gasteiger partial charge in [-0.25, -0.2) is 0 Å². The van der Waals surface area contributed by atoms with Crippen molar-refractivity contribution in [3.63, 3.8) is 0 Å². The number of pyridine rings is 1. The van der Waals surface area contributed by atoms with Crippen LogP contribution < -0.4 is 5.73 Å². The lowest BCUT2D eigenvalue weighted by molar-refractivity contribution is -0.153. The van der Waals surface area contributed by atoms with Crippen LogP contribution in [0.2, 0.25) is 0 Å². The van der Waals surface area contributed by atoms with Gasteiger partial charge < -0.3 is 10.8 Å². The molecule has 0 saturated heterocycles. The summed E-state index contributed by atoms with van der Waals surface area (Å²) in [5.41, 5.74) is 6.41. The average Bonchev–Trinajstić information content (AvgIpc) is 2.28. The molecule has 19 heavy (non-hydrogen) atoms. The van der Waals surface area contributed by atoms with E-state index >= 15 is 0 Å². The third kappa shape index (κ3) is 5.14. The van der Waals surface area contributed by atoms with Crippen LogP contribution in [0, 0.1) is 0 Å². The second kappa shape index (κ2) is 6.83. The smallest absolute Gasteiger partial charge is 0.395 e. The van der Waals surface area contributed by atoms with Crippen molar-refractivity contribution < 1.29 is 18.3 Å². The van der Waals surface area contributed by atoms with Crippen molar-refractivity contribution >= 4 is 0 Å².